The van der Waals surface area contributed by atoms with Gasteiger partial charge in [-0.1, -0.05) is 6.07 Å². The monoisotopic (exact) mass is 446 g/mol. The first-order valence-electron chi connectivity index (χ1n) is 7.94. The number of amides is 1. The standard InChI is InChI=1S/C16H22N4O3.HI/c1-2-17-16(19-9-15(21)20-12-4-5-12)18-8-11-3-6-13-14(7-11)23-10-22-13;/h3,6-7,12H,2,4-5,8-10H2,1H3,(H,20,21)(H2,17,18,19);1H. The van der Waals surface area contributed by atoms with E-state index in [9.17, 15) is 4.79 Å². The van der Waals surface area contributed by atoms with Crippen LogP contribution in [0.15, 0.2) is 23.2 Å². The van der Waals surface area contributed by atoms with E-state index in [-0.39, 0.29) is 43.2 Å². The summed E-state index contributed by atoms with van der Waals surface area (Å²) in [5.74, 6) is 2.14. The topological polar surface area (TPSA) is 84.0 Å². The molecule has 8 heteroatoms. The molecule has 1 aliphatic carbocycles. The van der Waals surface area contributed by atoms with E-state index in [1.165, 1.54) is 0 Å². The maximum absolute atomic E-state index is 11.7. The van der Waals surface area contributed by atoms with Crippen LogP contribution < -0.4 is 25.4 Å². The molecule has 1 fully saturated rings. The predicted octanol–water partition coefficient (Wildman–Crippen LogP) is 1.37. The minimum Gasteiger partial charge on any atom is -0.454 e. The number of carbonyl (C=O) groups excluding carboxylic acids is 1. The molecule has 0 saturated heterocycles. The summed E-state index contributed by atoms with van der Waals surface area (Å²) in [5.41, 5.74) is 1.02. The molecule has 7 nitrogen and oxygen atoms in total. The second-order valence-corrected chi connectivity index (χ2v) is 5.58. The van der Waals surface area contributed by atoms with E-state index in [1.807, 2.05) is 25.1 Å². The number of hydrogen-bond donors (Lipinski definition) is 3. The van der Waals surface area contributed by atoms with Gasteiger partial charge in [-0.15, -0.1) is 24.0 Å². The average Bonchev–Trinajstić information content (AvgIpc) is 3.23. The first-order valence-corrected chi connectivity index (χ1v) is 7.94. The van der Waals surface area contributed by atoms with E-state index in [4.69, 9.17) is 9.47 Å². The van der Waals surface area contributed by atoms with Crippen LogP contribution in [-0.2, 0) is 11.3 Å². The van der Waals surface area contributed by atoms with Gasteiger partial charge in [-0.05, 0) is 37.5 Å². The highest BCUT2D eigenvalue weighted by atomic mass is 127. The Morgan fingerprint density at radius 2 is 2.04 bits per heavy atom. The molecular weight excluding hydrogens is 423 g/mol. The van der Waals surface area contributed by atoms with Crippen molar-refractivity contribution in [2.45, 2.75) is 32.4 Å². The number of guanidine groups is 1. The van der Waals surface area contributed by atoms with Gasteiger partial charge in [-0.2, -0.15) is 0 Å². The summed E-state index contributed by atoms with van der Waals surface area (Å²) in [6, 6.07) is 6.14. The molecule has 3 rings (SSSR count). The Hall–Kier alpha value is -1.71. The fourth-order valence-electron chi connectivity index (χ4n) is 2.22. The van der Waals surface area contributed by atoms with Crippen molar-refractivity contribution in [1.29, 1.82) is 0 Å². The van der Waals surface area contributed by atoms with Gasteiger partial charge in [-0.25, -0.2) is 4.99 Å². The normalized spacial score (nSPS) is 15.5. The van der Waals surface area contributed by atoms with Gasteiger partial charge in [0.15, 0.2) is 17.5 Å². The molecule has 0 bridgehead atoms. The predicted molar refractivity (Wildman–Crippen MR) is 102 cm³/mol. The zero-order valence-electron chi connectivity index (χ0n) is 13.6. The number of aliphatic imine (C=N–C) groups is 1. The maximum atomic E-state index is 11.7. The molecule has 3 N–H and O–H groups in total. The van der Waals surface area contributed by atoms with Crippen molar-refractivity contribution < 1.29 is 14.3 Å². The van der Waals surface area contributed by atoms with Gasteiger partial charge in [-0.3, -0.25) is 4.79 Å². The third-order valence-electron chi connectivity index (χ3n) is 3.56. The molecule has 1 heterocycles. The zero-order chi connectivity index (χ0) is 16.1. The van der Waals surface area contributed by atoms with Crippen LogP contribution >= 0.6 is 24.0 Å². The molecule has 0 radical (unpaired) electrons. The molecule has 132 valence electrons. The number of rotatable bonds is 6. The Morgan fingerprint density at radius 3 is 2.79 bits per heavy atom. The summed E-state index contributed by atoms with van der Waals surface area (Å²) >= 11 is 0. The number of halogens is 1. The van der Waals surface area contributed by atoms with Crippen LogP contribution in [0.3, 0.4) is 0 Å². The highest BCUT2D eigenvalue weighted by Crippen LogP contribution is 2.32. The van der Waals surface area contributed by atoms with Crippen LogP contribution in [0, 0.1) is 0 Å². The van der Waals surface area contributed by atoms with E-state index in [0.717, 1.165) is 36.4 Å². The fourth-order valence-corrected chi connectivity index (χ4v) is 2.22. The van der Waals surface area contributed by atoms with E-state index in [1.54, 1.807) is 0 Å². The Morgan fingerprint density at radius 1 is 1.25 bits per heavy atom. The minimum atomic E-state index is 0. The van der Waals surface area contributed by atoms with Crippen LogP contribution in [0.2, 0.25) is 0 Å². The number of fused-ring (bicyclic) bond motifs is 1. The molecule has 2 aliphatic rings. The van der Waals surface area contributed by atoms with Gasteiger partial charge in [0, 0.05) is 12.6 Å². The van der Waals surface area contributed by atoms with Crippen molar-refractivity contribution in [3.05, 3.63) is 23.8 Å². The number of carbonyl (C=O) groups is 1. The first kappa shape index (κ1) is 18.6. The van der Waals surface area contributed by atoms with Gasteiger partial charge in [0.25, 0.3) is 0 Å². The molecule has 1 saturated carbocycles. The third kappa shape index (κ3) is 5.43. The summed E-state index contributed by atoms with van der Waals surface area (Å²) < 4.78 is 10.7. The van der Waals surface area contributed by atoms with E-state index >= 15 is 0 Å². The van der Waals surface area contributed by atoms with Crippen LogP contribution in [0.1, 0.15) is 25.3 Å². The molecule has 1 amide bonds. The minimum absolute atomic E-state index is 0. The zero-order valence-corrected chi connectivity index (χ0v) is 16.0. The molecule has 0 aromatic heterocycles. The summed E-state index contributed by atoms with van der Waals surface area (Å²) in [7, 11) is 0. The van der Waals surface area contributed by atoms with Crippen molar-refractivity contribution in [1.82, 2.24) is 16.0 Å². The van der Waals surface area contributed by atoms with Gasteiger partial charge in [0.1, 0.15) is 0 Å². The van der Waals surface area contributed by atoms with Crippen molar-refractivity contribution >= 4 is 35.8 Å². The number of hydrogen-bond acceptors (Lipinski definition) is 4. The van der Waals surface area contributed by atoms with Crippen LogP contribution in [-0.4, -0.2) is 37.8 Å². The smallest absolute Gasteiger partial charge is 0.239 e. The van der Waals surface area contributed by atoms with Crippen molar-refractivity contribution in [2.75, 3.05) is 19.9 Å². The second-order valence-electron chi connectivity index (χ2n) is 5.58. The van der Waals surface area contributed by atoms with Crippen molar-refractivity contribution in [2.24, 2.45) is 4.99 Å². The lowest BCUT2D eigenvalue weighted by Crippen LogP contribution is -2.43. The van der Waals surface area contributed by atoms with E-state index in [0.29, 0.717) is 18.5 Å². The van der Waals surface area contributed by atoms with Gasteiger partial charge in [0.05, 0.1) is 13.1 Å². The van der Waals surface area contributed by atoms with Gasteiger partial charge >= 0.3 is 0 Å². The SMILES string of the molecule is CCNC(=NCc1ccc2c(c1)OCO2)NCC(=O)NC1CC1.I. The summed E-state index contributed by atoms with van der Waals surface area (Å²) in [6.07, 6.45) is 2.17. The lowest BCUT2D eigenvalue weighted by atomic mass is 10.2. The van der Waals surface area contributed by atoms with Crippen LogP contribution in [0.4, 0.5) is 0 Å². The molecule has 1 aromatic carbocycles. The largest absolute Gasteiger partial charge is 0.454 e. The van der Waals surface area contributed by atoms with Crippen LogP contribution in [0.25, 0.3) is 0 Å². The molecule has 1 aromatic rings. The molecule has 0 unspecified atom stereocenters. The summed E-state index contributed by atoms with van der Waals surface area (Å²) in [4.78, 5) is 16.2. The Kier molecular flexibility index (Phi) is 6.95. The summed E-state index contributed by atoms with van der Waals surface area (Å²) in [6.45, 7) is 3.71. The molecular formula is C16H23IN4O3. The first-order chi connectivity index (χ1) is 11.2. The molecule has 0 atom stereocenters. The molecule has 0 spiro atoms. The number of nitrogens with one attached hydrogen (secondary N) is 3. The Balaban J connectivity index is 0.00000208. The maximum Gasteiger partial charge on any atom is 0.239 e. The molecule has 24 heavy (non-hydrogen) atoms. The lowest BCUT2D eigenvalue weighted by molar-refractivity contribution is -0.120. The quantitative estimate of drug-likeness (QED) is 0.349. The van der Waals surface area contributed by atoms with E-state index < -0.39 is 0 Å². The highest BCUT2D eigenvalue weighted by molar-refractivity contribution is 14.0. The van der Waals surface area contributed by atoms with E-state index in [2.05, 4.69) is 20.9 Å². The Bertz CT molecular complexity index is 605. The van der Waals surface area contributed by atoms with Crippen LogP contribution in [0.5, 0.6) is 11.5 Å². The van der Waals surface area contributed by atoms with Crippen molar-refractivity contribution in [3.8, 4) is 11.5 Å². The Labute approximate surface area is 158 Å². The third-order valence-corrected chi connectivity index (χ3v) is 3.56. The number of nitrogens with zero attached hydrogens (tertiary/aromatic N) is 1. The highest BCUT2D eigenvalue weighted by Gasteiger charge is 2.23. The molecule has 1 aliphatic heterocycles. The average molecular weight is 446 g/mol. The summed E-state index contributed by atoms with van der Waals surface area (Å²) in [5, 5.41) is 9.12. The number of ether oxygens (including phenoxy) is 2. The lowest BCUT2D eigenvalue weighted by Gasteiger charge is -2.11. The fraction of sp³-hybridized carbons (Fsp3) is 0.500. The van der Waals surface area contributed by atoms with Crippen molar-refractivity contribution in [3.63, 3.8) is 0 Å². The van der Waals surface area contributed by atoms with Gasteiger partial charge < -0.3 is 25.4 Å². The second kappa shape index (κ2) is 8.95. The number of benzene rings is 1. The van der Waals surface area contributed by atoms with Gasteiger partial charge in [0.2, 0.25) is 12.7 Å².